The Kier molecular flexibility index (Phi) is 5.25. The molecule has 1 aliphatic rings. The molecule has 1 N–H and O–H groups in total. The Morgan fingerprint density at radius 1 is 1.24 bits per heavy atom. The number of nitrogens with one attached hydrogen (secondary N) is 1. The zero-order valence-corrected chi connectivity index (χ0v) is 18.4. The monoisotopic (exact) mass is 477 g/mol. The number of rotatable bonds is 3. The highest BCUT2D eigenvalue weighted by atomic mass is 35.5. The van der Waals surface area contributed by atoms with E-state index in [0.717, 1.165) is 17.5 Å². The topological polar surface area (TPSA) is 84.2 Å². The highest BCUT2D eigenvalue weighted by Crippen LogP contribution is 2.36. The van der Waals surface area contributed by atoms with Gasteiger partial charge >= 0.3 is 6.18 Å². The van der Waals surface area contributed by atoms with Gasteiger partial charge in [0.05, 0.1) is 35.1 Å². The minimum Gasteiger partial charge on any atom is -0.367 e. The summed E-state index contributed by atoms with van der Waals surface area (Å²) in [6, 6.07) is 2.95. The maximum absolute atomic E-state index is 13.4. The number of fused-ring (bicyclic) bond motifs is 1. The molecule has 5 heterocycles. The first-order valence-corrected chi connectivity index (χ1v) is 10.6. The molecule has 0 saturated carbocycles. The zero-order valence-electron chi connectivity index (χ0n) is 17.6. The maximum Gasteiger partial charge on any atom is 0.419 e. The summed E-state index contributed by atoms with van der Waals surface area (Å²) in [5.74, 6) is 0.895. The van der Waals surface area contributed by atoms with Crippen LogP contribution in [0.3, 0.4) is 0 Å². The molecule has 1 saturated heterocycles. The Labute approximate surface area is 191 Å². The zero-order chi connectivity index (χ0) is 23.3. The second kappa shape index (κ2) is 7.99. The lowest BCUT2D eigenvalue weighted by Gasteiger charge is -2.37. The molecule has 4 aromatic rings. The molecule has 0 radical (unpaired) electrons. The molecule has 0 unspecified atom stereocenters. The molecule has 12 heteroatoms. The third-order valence-electron chi connectivity index (χ3n) is 5.57. The molecule has 0 aliphatic carbocycles. The number of imidazole rings is 1. The molecule has 0 spiro atoms. The van der Waals surface area contributed by atoms with Crippen LogP contribution in [0.2, 0.25) is 5.02 Å². The van der Waals surface area contributed by atoms with Crippen LogP contribution in [0.1, 0.15) is 29.8 Å². The first kappa shape index (κ1) is 21.7. The molecule has 1 aliphatic heterocycles. The van der Waals surface area contributed by atoms with Crippen LogP contribution in [0.25, 0.3) is 17.2 Å². The van der Waals surface area contributed by atoms with Gasteiger partial charge < -0.3 is 9.64 Å². The molecule has 4 aromatic heterocycles. The maximum atomic E-state index is 13.4. The number of pyridine rings is 1. The quantitative estimate of drug-likeness (QED) is 0.469. The normalized spacial score (nSPS) is 19.4. The summed E-state index contributed by atoms with van der Waals surface area (Å²) in [5, 5.41) is 6.62. The van der Waals surface area contributed by atoms with E-state index in [1.165, 1.54) is 16.7 Å². The van der Waals surface area contributed by atoms with Crippen molar-refractivity contribution in [3.63, 3.8) is 0 Å². The fourth-order valence-corrected chi connectivity index (χ4v) is 4.28. The number of nitrogens with zero attached hydrogens (tertiary/aromatic N) is 6. The molecule has 0 bridgehead atoms. The van der Waals surface area contributed by atoms with Crippen LogP contribution >= 0.6 is 11.6 Å². The van der Waals surface area contributed by atoms with Crippen molar-refractivity contribution in [1.29, 1.82) is 0 Å². The van der Waals surface area contributed by atoms with Gasteiger partial charge in [0, 0.05) is 36.8 Å². The van der Waals surface area contributed by atoms with E-state index >= 15 is 0 Å². The highest BCUT2D eigenvalue weighted by Gasteiger charge is 2.34. The number of alkyl halides is 3. The number of morpholine rings is 1. The van der Waals surface area contributed by atoms with Crippen molar-refractivity contribution in [2.75, 3.05) is 18.0 Å². The lowest BCUT2D eigenvalue weighted by Crippen LogP contribution is -2.43. The first-order chi connectivity index (χ1) is 15.7. The second-order valence-electron chi connectivity index (χ2n) is 7.91. The van der Waals surface area contributed by atoms with Crippen molar-refractivity contribution in [3.05, 3.63) is 58.8 Å². The van der Waals surface area contributed by atoms with Gasteiger partial charge in [-0.1, -0.05) is 11.6 Å². The molecular weight excluding hydrogens is 459 g/mol. The van der Waals surface area contributed by atoms with Gasteiger partial charge in [-0.15, -0.1) is 0 Å². The van der Waals surface area contributed by atoms with E-state index in [1.807, 2.05) is 20.0 Å². The van der Waals surface area contributed by atoms with E-state index in [1.54, 1.807) is 12.3 Å². The number of halogens is 4. The van der Waals surface area contributed by atoms with E-state index in [9.17, 15) is 13.2 Å². The van der Waals surface area contributed by atoms with Crippen molar-refractivity contribution in [3.8, 4) is 11.5 Å². The summed E-state index contributed by atoms with van der Waals surface area (Å²) in [4.78, 5) is 15.2. The number of hydrogen-bond donors (Lipinski definition) is 1. The Morgan fingerprint density at radius 3 is 2.79 bits per heavy atom. The summed E-state index contributed by atoms with van der Waals surface area (Å²) >= 11 is 5.82. The van der Waals surface area contributed by atoms with Crippen molar-refractivity contribution in [2.45, 2.75) is 32.2 Å². The summed E-state index contributed by atoms with van der Waals surface area (Å²) in [6.07, 6.45) is 0.899. The number of hydrogen-bond acceptors (Lipinski definition) is 6. The minimum absolute atomic E-state index is 0.0660. The largest absolute Gasteiger partial charge is 0.419 e. The average molecular weight is 478 g/mol. The third kappa shape index (κ3) is 4.02. The standard InChI is InChI=1S/C21H19ClF3N7O/c1-11-8-31(10-17(33-11)13-6-28-30-12(13)2)18-3-4-26-20(29-18)16-7-27-19-5-15(22)14(9-32(16)19)21(23,24)25/h3-7,9,11,17H,8,10H2,1-2H3,(H,28,30)/t11-,17-/m0/s1. The fraction of sp³-hybridized carbons (Fsp3) is 0.333. The van der Waals surface area contributed by atoms with Crippen molar-refractivity contribution in [1.82, 2.24) is 29.5 Å². The lowest BCUT2D eigenvalue weighted by molar-refractivity contribution is -0.137. The van der Waals surface area contributed by atoms with Crippen LogP contribution in [0.15, 0.2) is 36.9 Å². The number of aromatic amines is 1. The number of H-pyrrole nitrogens is 1. The second-order valence-corrected chi connectivity index (χ2v) is 8.32. The van der Waals surface area contributed by atoms with Gasteiger partial charge in [-0.25, -0.2) is 15.0 Å². The predicted octanol–water partition coefficient (Wildman–Crippen LogP) is 4.46. The Hall–Kier alpha value is -3.18. The summed E-state index contributed by atoms with van der Waals surface area (Å²) < 4.78 is 47.5. The van der Waals surface area contributed by atoms with Gasteiger partial charge in [0.2, 0.25) is 0 Å². The van der Waals surface area contributed by atoms with E-state index in [4.69, 9.17) is 16.3 Å². The smallest absolute Gasteiger partial charge is 0.367 e. The molecule has 5 rings (SSSR count). The van der Waals surface area contributed by atoms with Crippen LogP contribution < -0.4 is 4.90 Å². The van der Waals surface area contributed by atoms with Crippen molar-refractivity contribution in [2.24, 2.45) is 0 Å². The molecule has 172 valence electrons. The van der Waals surface area contributed by atoms with Crippen molar-refractivity contribution >= 4 is 23.1 Å². The van der Waals surface area contributed by atoms with E-state index in [0.29, 0.717) is 24.6 Å². The molecule has 0 aromatic carbocycles. The minimum atomic E-state index is -4.60. The number of aryl methyl sites for hydroxylation is 1. The summed E-state index contributed by atoms with van der Waals surface area (Å²) in [6.45, 7) is 5.03. The molecule has 8 nitrogen and oxygen atoms in total. The van der Waals surface area contributed by atoms with Gasteiger partial charge in [0.25, 0.3) is 0 Å². The molecular formula is C21H19ClF3N7O. The SMILES string of the molecule is Cc1n[nH]cc1[C@@H]1CN(c2ccnc(-c3cnc4cc(Cl)c(C(F)(F)F)cn34)n2)C[C@H](C)O1. The average Bonchev–Trinajstić information content (AvgIpc) is 3.37. The predicted molar refractivity (Wildman–Crippen MR) is 115 cm³/mol. The summed E-state index contributed by atoms with van der Waals surface area (Å²) in [7, 11) is 0. The van der Waals surface area contributed by atoms with E-state index in [-0.39, 0.29) is 23.7 Å². The van der Waals surface area contributed by atoms with Crippen LogP contribution in [0, 0.1) is 6.92 Å². The van der Waals surface area contributed by atoms with Gasteiger partial charge in [-0.2, -0.15) is 18.3 Å². The third-order valence-corrected chi connectivity index (χ3v) is 5.89. The summed E-state index contributed by atoms with van der Waals surface area (Å²) in [5.41, 5.74) is 1.49. The molecule has 2 atom stereocenters. The van der Waals surface area contributed by atoms with Gasteiger partial charge in [-0.3, -0.25) is 9.50 Å². The Bertz CT molecular complexity index is 1320. The molecule has 1 fully saturated rings. The number of aromatic nitrogens is 6. The Morgan fingerprint density at radius 2 is 2.06 bits per heavy atom. The number of ether oxygens (including phenoxy) is 1. The fourth-order valence-electron chi connectivity index (χ4n) is 4.03. The van der Waals surface area contributed by atoms with Gasteiger partial charge in [0.15, 0.2) is 5.82 Å². The van der Waals surface area contributed by atoms with Crippen LogP contribution in [0.5, 0.6) is 0 Å². The van der Waals surface area contributed by atoms with Gasteiger partial charge in [0.1, 0.15) is 23.3 Å². The first-order valence-electron chi connectivity index (χ1n) is 10.2. The van der Waals surface area contributed by atoms with Gasteiger partial charge in [-0.05, 0) is 19.9 Å². The number of anilines is 1. The van der Waals surface area contributed by atoms with Crippen LogP contribution in [-0.2, 0) is 10.9 Å². The van der Waals surface area contributed by atoms with Crippen molar-refractivity contribution < 1.29 is 17.9 Å². The van der Waals surface area contributed by atoms with Crippen LogP contribution in [-0.4, -0.2) is 48.7 Å². The Balaban J connectivity index is 1.51. The van der Waals surface area contributed by atoms with E-state index < -0.39 is 16.8 Å². The lowest BCUT2D eigenvalue weighted by atomic mass is 10.1. The van der Waals surface area contributed by atoms with Crippen LogP contribution in [0.4, 0.5) is 19.0 Å². The molecule has 0 amide bonds. The highest BCUT2D eigenvalue weighted by molar-refractivity contribution is 6.31. The van der Waals surface area contributed by atoms with E-state index in [2.05, 4.69) is 30.0 Å². The molecule has 33 heavy (non-hydrogen) atoms.